The number of benzene rings is 1. The highest BCUT2D eigenvalue weighted by Crippen LogP contribution is 2.36. The fourth-order valence-electron chi connectivity index (χ4n) is 2.09. The Balaban J connectivity index is 2.22. The Hall–Kier alpha value is -1.83. The lowest BCUT2D eigenvalue weighted by Gasteiger charge is -2.03. The summed E-state index contributed by atoms with van der Waals surface area (Å²) in [5.41, 5.74) is 4.96. The van der Waals surface area contributed by atoms with Crippen LogP contribution in [-0.2, 0) is 6.42 Å². The Labute approximate surface area is 88.5 Å². The van der Waals surface area contributed by atoms with Crippen LogP contribution < -0.4 is 4.74 Å². The number of methoxy groups -OCH3 is 1. The van der Waals surface area contributed by atoms with Crippen LogP contribution in [0.2, 0.25) is 0 Å². The average molecular weight is 197 g/mol. The molecule has 0 radical (unpaired) electrons. The summed E-state index contributed by atoms with van der Waals surface area (Å²) in [7, 11) is 1.69. The molecule has 15 heavy (non-hydrogen) atoms. The molecule has 1 aromatic carbocycles. The predicted octanol–water partition coefficient (Wildman–Crippen LogP) is 2.66. The van der Waals surface area contributed by atoms with E-state index in [9.17, 15) is 0 Å². The van der Waals surface area contributed by atoms with Crippen LogP contribution in [0.15, 0.2) is 36.5 Å². The fraction of sp³-hybridized carbons (Fsp3) is 0.154. The zero-order valence-electron chi connectivity index (χ0n) is 8.53. The van der Waals surface area contributed by atoms with Crippen LogP contribution in [0.4, 0.5) is 0 Å². The largest absolute Gasteiger partial charge is 0.497 e. The molecule has 0 unspecified atom stereocenters. The molecule has 0 spiro atoms. The summed E-state index contributed by atoms with van der Waals surface area (Å²) in [6.07, 6.45) is 2.83. The molecule has 0 saturated carbocycles. The smallest absolute Gasteiger partial charge is 0.119 e. The van der Waals surface area contributed by atoms with Crippen molar-refractivity contribution in [3.63, 3.8) is 0 Å². The van der Waals surface area contributed by atoms with Crippen molar-refractivity contribution in [2.45, 2.75) is 6.42 Å². The molecule has 0 N–H and O–H groups in total. The van der Waals surface area contributed by atoms with Gasteiger partial charge in [0.1, 0.15) is 5.75 Å². The van der Waals surface area contributed by atoms with Gasteiger partial charge in [0.2, 0.25) is 0 Å². The van der Waals surface area contributed by atoms with Crippen molar-refractivity contribution in [3.05, 3.63) is 47.7 Å². The molecule has 0 amide bonds. The van der Waals surface area contributed by atoms with E-state index in [0.29, 0.717) is 0 Å². The Morgan fingerprint density at radius 2 is 2.13 bits per heavy atom. The van der Waals surface area contributed by atoms with Crippen LogP contribution in [0.5, 0.6) is 5.75 Å². The van der Waals surface area contributed by atoms with E-state index in [0.717, 1.165) is 17.9 Å². The summed E-state index contributed by atoms with van der Waals surface area (Å²) in [6.45, 7) is 0. The minimum atomic E-state index is 0.896. The fourth-order valence-corrected chi connectivity index (χ4v) is 2.09. The highest BCUT2D eigenvalue weighted by molar-refractivity contribution is 5.74. The average Bonchev–Trinajstić information content (AvgIpc) is 2.66. The molecule has 1 heterocycles. The Bertz CT molecular complexity index is 520. The molecule has 3 rings (SSSR count). The molecule has 2 heteroatoms. The normalized spacial score (nSPS) is 12.1. The molecule has 0 saturated heterocycles. The summed E-state index contributed by atoms with van der Waals surface area (Å²) in [4.78, 5) is 4.42. The number of fused-ring (bicyclic) bond motifs is 3. The van der Waals surface area contributed by atoms with Gasteiger partial charge in [-0.15, -0.1) is 0 Å². The van der Waals surface area contributed by atoms with Crippen LogP contribution in [0.25, 0.3) is 11.3 Å². The molecule has 2 nitrogen and oxygen atoms in total. The van der Waals surface area contributed by atoms with Gasteiger partial charge in [0.15, 0.2) is 0 Å². The SMILES string of the molecule is COc1ccc2c(c1)-c1ncccc1C2. The van der Waals surface area contributed by atoms with E-state index in [-0.39, 0.29) is 0 Å². The van der Waals surface area contributed by atoms with Crippen LogP contribution in [-0.4, -0.2) is 12.1 Å². The molecule has 0 atom stereocenters. The molecule has 0 bridgehead atoms. The minimum Gasteiger partial charge on any atom is -0.497 e. The number of hydrogen-bond acceptors (Lipinski definition) is 2. The molecule has 1 aliphatic carbocycles. The van der Waals surface area contributed by atoms with E-state index in [1.807, 2.05) is 18.3 Å². The maximum Gasteiger partial charge on any atom is 0.119 e. The van der Waals surface area contributed by atoms with Crippen molar-refractivity contribution in [3.8, 4) is 17.0 Å². The van der Waals surface area contributed by atoms with Gasteiger partial charge in [-0.2, -0.15) is 0 Å². The maximum atomic E-state index is 5.23. The Kier molecular flexibility index (Phi) is 1.75. The highest BCUT2D eigenvalue weighted by Gasteiger charge is 2.19. The minimum absolute atomic E-state index is 0.896. The van der Waals surface area contributed by atoms with Gasteiger partial charge < -0.3 is 4.74 Å². The Morgan fingerprint density at radius 1 is 1.20 bits per heavy atom. The van der Waals surface area contributed by atoms with Gasteiger partial charge in [-0.1, -0.05) is 12.1 Å². The van der Waals surface area contributed by atoms with Crippen molar-refractivity contribution < 1.29 is 4.74 Å². The molecule has 0 fully saturated rings. The van der Waals surface area contributed by atoms with Crippen LogP contribution in [0.3, 0.4) is 0 Å². The van der Waals surface area contributed by atoms with Crippen LogP contribution in [0.1, 0.15) is 11.1 Å². The summed E-state index contributed by atoms with van der Waals surface area (Å²) in [5.74, 6) is 0.896. The van der Waals surface area contributed by atoms with E-state index in [1.165, 1.54) is 16.7 Å². The summed E-state index contributed by atoms with van der Waals surface area (Å²) >= 11 is 0. The third kappa shape index (κ3) is 1.22. The second-order valence-electron chi connectivity index (χ2n) is 3.71. The van der Waals surface area contributed by atoms with Crippen LogP contribution in [0, 0.1) is 0 Å². The second kappa shape index (κ2) is 3.09. The molecular formula is C13H11NO. The lowest BCUT2D eigenvalue weighted by atomic mass is 10.1. The van der Waals surface area contributed by atoms with E-state index in [2.05, 4.69) is 23.2 Å². The number of aromatic nitrogens is 1. The molecule has 0 aliphatic heterocycles. The molecule has 1 aliphatic rings. The van der Waals surface area contributed by atoms with Gasteiger partial charge in [0.05, 0.1) is 12.8 Å². The number of nitrogens with zero attached hydrogens (tertiary/aromatic N) is 1. The quantitative estimate of drug-likeness (QED) is 0.598. The van der Waals surface area contributed by atoms with Gasteiger partial charge in [-0.3, -0.25) is 4.98 Å². The first-order valence-corrected chi connectivity index (χ1v) is 4.99. The monoisotopic (exact) mass is 197 g/mol. The maximum absolute atomic E-state index is 5.23. The summed E-state index contributed by atoms with van der Waals surface area (Å²) < 4.78 is 5.23. The first kappa shape index (κ1) is 8.48. The number of pyridine rings is 1. The van der Waals surface area contributed by atoms with E-state index in [4.69, 9.17) is 4.74 Å². The van der Waals surface area contributed by atoms with Gasteiger partial charge in [-0.25, -0.2) is 0 Å². The molecule has 1 aromatic heterocycles. The van der Waals surface area contributed by atoms with Gasteiger partial charge >= 0.3 is 0 Å². The van der Waals surface area contributed by atoms with Crippen molar-refractivity contribution >= 4 is 0 Å². The van der Waals surface area contributed by atoms with E-state index >= 15 is 0 Å². The van der Waals surface area contributed by atoms with E-state index in [1.54, 1.807) is 7.11 Å². The van der Waals surface area contributed by atoms with Crippen molar-refractivity contribution in [2.24, 2.45) is 0 Å². The lowest BCUT2D eigenvalue weighted by Crippen LogP contribution is -1.85. The van der Waals surface area contributed by atoms with Crippen molar-refractivity contribution in [1.82, 2.24) is 4.98 Å². The first-order valence-electron chi connectivity index (χ1n) is 4.99. The topological polar surface area (TPSA) is 22.1 Å². The zero-order chi connectivity index (χ0) is 10.3. The third-order valence-corrected chi connectivity index (χ3v) is 2.84. The Morgan fingerprint density at radius 3 is 3.00 bits per heavy atom. The number of hydrogen-bond donors (Lipinski definition) is 0. The first-order chi connectivity index (χ1) is 7.38. The number of rotatable bonds is 1. The predicted molar refractivity (Wildman–Crippen MR) is 59.0 cm³/mol. The summed E-state index contributed by atoms with van der Waals surface area (Å²) in [5, 5.41) is 0. The van der Waals surface area contributed by atoms with Gasteiger partial charge in [0.25, 0.3) is 0 Å². The second-order valence-corrected chi connectivity index (χ2v) is 3.71. The lowest BCUT2D eigenvalue weighted by molar-refractivity contribution is 0.415. The number of ether oxygens (including phenoxy) is 1. The molecule has 2 aromatic rings. The van der Waals surface area contributed by atoms with Crippen LogP contribution >= 0.6 is 0 Å². The molecule has 74 valence electrons. The summed E-state index contributed by atoms with van der Waals surface area (Å²) in [6, 6.07) is 10.3. The third-order valence-electron chi connectivity index (χ3n) is 2.84. The van der Waals surface area contributed by atoms with Gasteiger partial charge in [0, 0.05) is 18.2 Å². The van der Waals surface area contributed by atoms with Crippen molar-refractivity contribution in [1.29, 1.82) is 0 Å². The molecular weight excluding hydrogens is 186 g/mol. The van der Waals surface area contributed by atoms with Crippen molar-refractivity contribution in [2.75, 3.05) is 7.11 Å². The standard InChI is InChI=1S/C13H11NO/c1-15-11-5-4-9-7-10-3-2-6-14-13(10)12(9)8-11/h2-6,8H,7H2,1H3. The highest BCUT2D eigenvalue weighted by atomic mass is 16.5. The zero-order valence-corrected chi connectivity index (χ0v) is 8.53. The van der Waals surface area contributed by atoms with Gasteiger partial charge in [-0.05, 0) is 29.3 Å². The van der Waals surface area contributed by atoms with E-state index < -0.39 is 0 Å².